The van der Waals surface area contributed by atoms with Gasteiger partial charge in [-0.25, -0.2) is 0 Å². The maximum Gasteiger partial charge on any atom is 2.00 e. The van der Waals surface area contributed by atoms with E-state index in [1.807, 2.05) is 0 Å². The molecule has 0 aromatic rings. The number of aliphatic hydroxyl groups is 1. The van der Waals surface area contributed by atoms with Crippen LogP contribution in [0.1, 0.15) is 0 Å². The third kappa shape index (κ3) is 30.3. The minimum atomic E-state index is -3.51. The molecule has 0 aliphatic rings. The molecule has 0 saturated carbocycles. The number of hydrogen-bond donors (Lipinski definition) is 1. The largest absolute Gasteiger partial charge is 2.00 e. The van der Waals surface area contributed by atoms with E-state index in [0.717, 1.165) is 0 Å². The molecule has 0 aliphatic carbocycles. The molecule has 6 nitrogen and oxygen atoms in total. The molecule has 70 valence electrons. The summed E-state index contributed by atoms with van der Waals surface area (Å²) >= 11 is 4.94. The molecule has 0 bridgehead atoms. The van der Waals surface area contributed by atoms with Gasteiger partial charge in [0, 0.05) is 5.88 Å². The fourth-order valence-electron chi connectivity index (χ4n) is 0.0680. The number of hydrogen-bond acceptors (Lipinski definition) is 6. The Balaban J connectivity index is -0.000000142. The summed E-state index contributed by atoms with van der Waals surface area (Å²) < 4.78 is 21.8. The Bertz CT molecular complexity index is 119. The molecule has 0 rings (SSSR count). The Morgan fingerprint density at radius 2 is 1.58 bits per heavy atom. The van der Waals surface area contributed by atoms with Crippen LogP contribution in [0.3, 0.4) is 0 Å². The summed E-state index contributed by atoms with van der Waals surface area (Å²) in [6.45, 7) is 0.0849. The maximum absolute atomic E-state index is 9.29. The Hall–Kier alpha value is 1.21. The molecule has 0 aromatic carbocycles. The van der Waals surface area contributed by atoms with Gasteiger partial charge in [0.05, 0.1) is 6.61 Å². The van der Waals surface area contributed by atoms with Gasteiger partial charge in [0.15, 0.2) is 0 Å². The van der Waals surface area contributed by atoms with Crippen LogP contribution in [-0.4, -0.2) is 17.6 Å². The third-order valence-corrected chi connectivity index (χ3v) is 1.75. The van der Waals surface area contributed by atoms with Crippen molar-refractivity contribution in [3.05, 3.63) is 0 Å². The monoisotopic (exact) mass is 288 g/mol. The first-order valence-corrected chi connectivity index (χ1v) is 5.29. The summed E-state index contributed by atoms with van der Waals surface area (Å²) in [7, 11) is -7.03. The summed E-state index contributed by atoms with van der Waals surface area (Å²) in [4.78, 5) is 18.6. The zero-order valence-corrected chi connectivity index (χ0v) is 11.7. The Labute approximate surface area is 88.5 Å². The van der Waals surface area contributed by atoms with Crippen molar-refractivity contribution in [1.82, 2.24) is 0 Å². The Kier molecular flexibility index (Phi) is 23.2. The van der Waals surface area contributed by atoms with Gasteiger partial charge in [0.25, 0.3) is 0 Å². The van der Waals surface area contributed by atoms with E-state index < -0.39 is 16.5 Å². The molecule has 2 unspecified atom stereocenters. The SMILES string of the molecule is O=[PH]([O-])O[PH](=O)[O-].OCCCl.[Zn+2]. The van der Waals surface area contributed by atoms with Gasteiger partial charge in [-0.2, -0.15) is 0 Å². The van der Waals surface area contributed by atoms with Crippen LogP contribution in [0.5, 0.6) is 0 Å². The molecular weight excluding hydrogens is 283 g/mol. The molecular formula is C2H7ClO6P2Zn. The van der Waals surface area contributed by atoms with Gasteiger partial charge in [-0.1, -0.05) is 0 Å². The molecule has 0 heterocycles. The molecule has 0 saturated heterocycles. The van der Waals surface area contributed by atoms with E-state index >= 15 is 0 Å². The predicted octanol–water partition coefficient (Wildman–Crippen LogP) is -1.28. The van der Waals surface area contributed by atoms with Crippen molar-refractivity contribution in [1.29, 1.82) is 0 Å². The minimum absolute atomic E-state index is 0. The molecule has 1 N–H and O–H groups in total. The van der Waals surface area contributed by atoms with Crippen LogP contribution in [0, 0.1) is 0 Å². The first kappa shape index (κ1) is 18.9. The molecule has 12 heavy (non-hydrogen) atoms. The first-order valence-electron chi connectivity index (χ1n) is 2.31. The van der Waals surface area contributed by atoms with Crippen LogP contribution in [0.15, 0.2) is 0 Å². The minimum Gasteiger partial charge on any atom is -0.781 e. The Morgan fingerprint density at radius 1 is 1.33 bits per heavy atom. The van der Waals surface area contributed by atoms with Gasteiger partial charge in [-0.15, -0.1) is 11.6 Å². The second kappa shape index (κ2) is 14.7. The number of aliphatic hydroxyl groups excluding tert-OH is 1. The number of rotatable bonds is 3. The number of halogens is 1. The van der Waals surface area contributed by atoms with E-state index in [-0.39, 0.29) is 26.1 Å². The molecule has 0 fully saturated rings. The molecule has 0 aromatic heterocycles. The van der Waals surface area contributed by atoms with Gasteiger partial charge < -0.3 is 24.0 Å². The van der Waals surface area contributed by atoms with E-state index in [1.165, 1.54) is 0 Å². The zero-order valence-electron chi connectivity index (χ0n) is 5.99. The van der Waals surface area contributed by atoms with E-state index in [9.17, 15) is 18.9 Å². The van der Waals surface area contributed by atoms with E-state index in [1.54, 1.807) is 0 Å². The van der Waals surface area contributed by atoms with Crippen molar-refractivity contribution in [2.75, 3.05) is 12.5 Å². The maximum atomic E-state index is 9.29. The van der Waals surface area contributed by atoms with Crippen LogP contribution < -0.4 is 9.79 Å². The van der Waals surface area contributed by atoms with E-state index in [2.05, 4.69) is 4.31 Å². The molecule has 2 atom stereocenters. The molecule has 0 radical (unpaired) electrons. The van der Waals surface area contributed by atoms with Crippen molar-refractivity contribution in [2.45, 2.75) is 0 Å². The van der Waals surface area contributed by atoms with Crippen LogP contribution in [-0.2, 0) is 32.9 Å². The van der Waals surface area contributed by atoms with Crippen molar-refractivity contribution in [3.8, 4) is 0 Å². The molecule has 0 amide bonds. The standard InChI is InChI=1S/C2H5ClO.H4O5P2.Zn/c3-1-2-4;1-6(2)5-7(3)4;/h4H,1-2H2;6-7H,(H,1,2)(H,3,4);/q;;+2/p-2. The van der Waals surface area contributed by atoms with Crippen molar-refractivity contribution >= 4 is 28.1 Å². The van der Waals surface area contributed by atoms with Crippen LogP contribution >= 0.6 is 28.1 Å². The average molecular weight is 290 g/mol. The predicted molar refractivity (Wildman–Crippen MR) is 36.9 cm³/mol. The first-order chi connectivity index (χ1) is 5.04. The summed E-state index contributed by atoms with van der Waals surface area (Å²) in [6.07, 6.45) is 0. The second-order valence-electron chi connectivity index (χ2n) is 1.01. The van der Waals surface area contributed by atoms with Crippen molar-refractivity contribution in [3.63, 3.8) is 0 Å². The Morgan fingerprint density at radius 3 is 1.58 bits per heavy atom. The van der Waals surface area contributed by atoms with Gasteiger partial charge in [0.1, 0.15) is 16.5 Å². The van der Waals surface area contributed by atoms with Crippen molar-refractivity contribution < 1.29 is 47.8 Å². The van der Waals surface area contributed by atoms with Gasteiger partial charge in [-0.05, 0) is 0 Å². The normalized spacial score (nSPS) is 13.3. The molecule has 0 aliphatic heterocycles. The van der Waals surface area contributed by atoms with Gasteiger partial charge in [-0.3, -0.25) is 4.31 Å². The number of alkyl halides is 1. The van der Waals surface area contributed by atoms with Crippen LogP contribution in [0.2, 0.25) is 0 Å². The quantitative estimate of drug-likeness (QED) is 0.394. The van der Waals surface area contributed by atoms with Gasteiger partial charge in [0.2, 0.25) is 0 Å². The topological polar surface area (TPSA) is 110 Å². The average Bonchev–Trinajstić information content (AvgIpc) is 1.85. The summed E-state index contributed by atoms with van der Waals surface area (Å²) in [6, 6.07) is 0. The second-order valence-corrected chi connectivity index (χ2v) is 3.21. The van der Waals surface area contributed by atoms with Gasteiger partial charge >= 0.3 is 19.5 Å². The van der Waals surface area contributed by atoms with E-state index in [4.69, 9.17) is 16.7 Å². The van der Waals surface area contributed by atoms with Crippen LogP contribution in [0.4, 0.5) is 0 Å². The van der Waals surface area contributed by atoms with E-state index in [0.29, 0.717) is 5.88 Å². The van der Waals surface area contributed by atoms with Crippen molar-refractivity contribution in [2.24, 2.45) is 0 Å². The fraction of sp³-hybridized carbons (Fsp3) is 1.00. The smallest absolute Gasteiger partial charge is 0.781 e. The zero-order chi connectivity index (χ0) is 9.28. The molecule has 0 spiro atoms. The van der Waals surface area contributed by atoms with Crippen LogP contribution in [0.25, 0.3) is 0 Å². The fourth-order valence-corrected chi connectivity index (χ4v) is 0.612. The summed E-state index contributed by atoms with van der Waals surface area (Å²) in [5.74, 6) is 0.347. The summed E-state index contributed by atoms with van der Waals surface area (Å²) in [5.41, 5.74) is 0. The summed E-state index contributed by atoms with van der Waals surface area (Å²) in [5, 5.41) is 7.74. The third-order valence-electron chi connectivity index (χ3n) is 0.251. The molecule has 10 heteroatoms.